The summed E-state index contributed by atoms with van der Waals surface area (Å²) < 4.78 is 10.9. The van der Waals surface area contributed by atoms with Crippen LogP contribution in [0.1, 0.15) is 51.4 Å². The van der Waals surface area contributed by atoms with Crippen molar-refractivity contribution >= 4 is 11.9 Å². The summed E-state index contributed by atoms with van der Waals surface area (Å²) in [4.78, 5) is 23.3. The zero-order valence-electron chi connectivity index (χ0n) is 12.0. The maximum atomic E-state index is 11.6. The second kappa shape index (κ2) is 9.34. The number of ether oxygens (including phenoxy) is 2. The summed E-state index contributed by atoms with van der Waals surface area (Å²) in [5.74, 6) is -0.493. The first kappa shape index (κ1) is 16.5. The van der Waals surface area contributed by atoms with Crippen molar-refractivity contribution in [2.24, 2.45) is 0 Å². The van der Waals surface area contributed by atoms with Crippen molar-refractivity contribution in [1.29, 1.82) is 0 Å². The van der Waals surface area contributed by atoms with Crippen molar-refractivity contribution in [3.8, 4) is 0 Å². The predicted molar refractivity (Wildman–Crippen MR) is 77.1 cm³/mol. The Morgan fingerprint density at radius 2 is 1.30 bits per heavy atom. The van der Waals surface area contributed by atoms with Gasteiger partial charge in [-0.05, 0) is 38.5 Å². The van der Waals surface area contributed by atoms with Crippen molar-refractivity contribution in [2.45, 2.75) is 63.6 Å². The standard InChI is InChI=1S/C16H24O4/c1-3-5-11-15(17)19-13-9-7-8-10-14(13)20-16(18)12-6-4-2/h3-4,13-14H,1-2,5-12H2/t13-,14-/m1/s1. The Hall–Kier alpha value is -1.58. The molecule has 0 N–H and O–H groups in total. The SMILES string of the molecule is C=CCCC(=O)O[C@@H]1CCCC[C@H]1OC(=O)CCC=C. The average Bonchev–Trinajstić information content (AvgIpc) is 2.45. The molecule has 0 heterocycles. The van der Waals surface area contributed by atoms with Gasteiger partial charge < -0.3 is 9.47 Å². The van der Waals surface area contributed by atoms with E-state index >= 15 is 0 Å². The number of esters is 2. The molecule has 2 atom stereocenters. The van der Waals surface area contributed by atoms with Crippen LogP contribution >= 0.6 is 0 Å². The van der Waals surface area contributed by atoms with Crippen LogP contribution < -0.4 is 0 Å². The summed E-state index contributed by atoms with van der Waals surface area (Å²) in [6, 6.07) is 0. The fourth-order valence-corrected chi connectivity index (χ4v) is 2.23. The molecule has 0 aromatic rings. The van der Waals surface area contributed by atoms with Crippen LogP contribution in [0.15, 0.2) is 25.3 Å². The van der Waals surface area contributed by atoms with Crippen LogP contribution in [-0.4, -0.2) is 24.1 Å². The number of carbonyl (C=O) groups excluding carboxylic acids is 2. The van der Waals surface area contributed by atoms with Crippen LogP contribution in [0.4, 0.5) is 0 Å². The molecule has 0 saturated heterocycles. The molecular weight excluding hydrogens is 256 g/mol. The van der Waals surface area contributed by atoms with Gasteiger partial charge in [-0.2, -0.15) is 0 Å². The van der Waals surface area contributed by atoms with Gasteiger partial charge in [0.25, 0.3) is 0 Å². The molecule has 1 rings (SSSR count). The van der Waals surface area contributed by atoms with Gasteiger partial charge in [0.05, 0.1) is 0 Å². The minimum Gasteiger partial charge on any atom is -0.458 e. The van der Waals surface area contributed by atoms with Gasteiger partial charge in [0.15, 0.2) is 0 Å². The first-order chi connectivity index (χ1) is 9.67. The third kappa shape index (κ3) is 6.04. The molecule has 1 saturated carbocycles. The summed E-state index contributed by atoms with van der Waals surface area (Å²) >= 11 is 0. The van der Waals surface area contributed by atoms with Crippen LogP contribution in [0.5, 0.6) is 0 Å². The molecule has 0 bridgehead atoms. The fourth-order valence-electron chi connectivity index (χ4n) is 2.23. The van der Waals surface area contributed by atoms with E-state index in [1.54, 1.807) is 12.2 Å². The first-order valence-electron chi connectivity index (χ1n) is 7.28. The Balaban J connectivity index is 2.44. The van der Waals surface area contributed by atoms with Crippen LogP contribution in [0.25, 0.3) is 0 Å². The number of rotatable bonds is 8. The van der Waals surface area contributed by atoms with Crippen LogP contribution in [-0.2, 0) is 19.1 Å². The number of hydrogen-bond acceptors (Lipinski definition) is 4. The van der Waals surface area contributed by atoms with Gasteiger partial charge in [-0.15, -0.1) is 13.2 Å². The van der Waals surface area contributed by atoms with Crippen molar-refractivity contribution in [3.63, 3.8) is 0 Å². The molecular formula is C16H24O4. The van der Waals surface area contributed by atoms with Crippen LogP contribution in [0.3, 0.4) is 0 Å². The molecule has 0 aromatic carbocycles. The highest BCUT2D eigenvalue weighted by Gasteiger charge is 2.31. The lowest BCUT2D eigenvalue weighted by Crippen LogP contribution is -2.37. The lowest BCUT2D eigenvalue weighted by atomic mass is 9.94. The topological polar surface area (TPSA) is 52.6 Å². The van der Waals surface area contributed by atoms with Crippen LogP contribution in [0, 0.1) is 0 Å². The van der Waals surface area contributed by atoms with Crippen molar-refractivity contribution in [3.05, 3.63) is 25.3 Å². The Morgan fingerprint density at radius 1 is 0.900 bits per heavy atom. The molecule has 4 heteroatoms. The number of hydrogen-bond donors (Lipinski definition) is 0. The molecule has 0 spiro atoms. The van der Waals surface area contributed by atoms with E-state index in [1.165, 1.54) is 0 Å². The minimum atomic E-state index is -0.297. The Kier molecular flexibility index (Phi) is 7.70. The summed E-state index contributed by atoms with van der Waals surface area (Å²) in [5, 5.41) is 0. The molecule has 1 fully saturated rings. The molecule has 0 radical (unpaired) electrons. The minimum absolute atomic E-state index is 0.246. The average molecular weight is 280 g/mol. The molecule has 0 aliphatic heterocycles. The molecule has 1 aliphatic rings. The second-order valence-electron chi connectivity index (χ2n) is 5.00. The van der Waals surface area contributed by atoms with Gasteiger partial charge in [0, 0.05) is 12.8 Å². The lowest BCUT2D eigenvalue weighted by Gasteiger charge is -2.30. The highest BCUT2D eigenvalue weighted by molar-refractivity contribution is 5.70. The quantitative estimate of drug-likeness (QED) is 0.505. The molecule has 0 aromatic heterocycles. The molecule has 112 valence electrons. The normalized spacial score (nSPS) is 21.8. The first-order valence-corrected chi connectivity index (χ1v) is 7.28. The van der Waals surface area contributed by atoms with E-state index in [-0.39, 0.29) is 24.1 Å². The molecule has 4 nitrogen and oxygen atoms in total. The highest BCUT2D eigenvalue weighted by Crippen LogP contribution is 2.25. The largest absolute Gasteiger partial charge is 0.458 e. The Labute approximate surface area is 120 Å². The molecule has 1 aliphatic carbocycles. The van der Waals surface area contributed by atoms with Gasteiger partial charge >= 0.3 is 11.9 Å². The van der Waals surface area contributed by atoms with Crippen molar-refractivity contribution in [2.75, 3.05) is 0 Å². The van der Waals surface area contributed by atoms with E-state index in [0.29, 0.717) is 25.7 Å². The van der Waals surface area contributed by atoms with E-state index in [0.717, 1.165) is 25.7 Å². The van der Waals surface area contributed by atoms with Crippen molar-refractivity contribution in [1.82, 2.24) is 0 Å². The lowest BCUT2D eigenvalue weighted by molar-refractivity contribution is -0.171. The summed E-state index contributed by atoms with van der Waals surface area (Å²) in [5.41, 5.74) is 0. The smallest absolute Gasteiger partial charge is 0.306 e. The van der Waals surface area contributed by atoms with Gasteiger partial charge in [0.2, 0.25) is 0 Å². The Bertz CT molecular complexity index is 314. The zero-order chi connectivity index (χ0) is 14.8. The fraction of sp³-hybridized carbons (Fsp3) is 0.625. The maximum absolute atomic E-state index is 11.6. The van der Waals surface area contributed by atoms with E-state index in [4.69, 9.17) is 9.47 Å². The molecule has 0 unspecified atom stereocenters. The van der Waals surface area contributed by atoms with E-state index in [2.05, 4.69) is 13.2 Å². The van der Waals surface area contributed by atoms with Crippen LogP contribution in [0.2, 0.25) is 0 Å². The zero-order valence-corrected chi connectivity index (χ0v) is 12.0. The molecule has 20 heavy (non-hydrogen) atoms. The van der Waals surface area contributed by atoms with Gasteiger partial charge in [-0.25, -0.2) is 0 Å². The van der Waals surface area contributed by atoms with Gasteiger partial charge in [0.1, 0.15) is 12.2 Å². The van der Waals surface area contributed by atoms with Gasteiger partial charge in [-0.3, -0.25) is 9.59 Å². The highest BCUT2D eigenvalue weighted by atomic mass is 16.6. The number of allylic oxidation sites excluding steroid dienone is 2. The predicted octanol–water partition coefficient (Wildman–Crippen LogP) is 3.32. The number of carbonyl (C=O) groups is 2. The maximum Gasteiger partial charge on any atom is 0.306 e. The van der Waals surface area contributed by atoms with Crippen molar-refractivity contribution < 1.29 is 19.1 Å². The summed E-state index contributed by atoms with van der Waals surface area (Å²) in [6.07, 6.45) is 8.18. The third-order valence-corrected chi connectivity index (χ3v) is 3.31. The molecule has 0 amide bonds. The van der Waals surface area contributed by atoms with E-state index in [1.807, 2.05) is 0 Å². The Morgan fingerprint density at radius 3 is 1.65 bits per heavy atom. The van der Waals surface area contributed by atoms with E-state index in [9.17, 15) is 9.59 Å². The summed E-state index contributed by atoms with van der Waals surface area (Å²) in [7, 11) is 0. The van der Waals surface area contributed by atoms with Gasteiger partial charge in [-0.1, -0.05) is 12.2 Å². The third-order valence-electron chi connectivity index (χ3n) is 3.31. The monoisotopic (exact) mass is 280 g/mol. The van der Waals surface area contributed by atoms with E-state index < -0.39 is 0 Å². The summed E-state index contributed by atoms with van der Waals surface area (Å²) in [6.45, 7) is 7.15. The second-order valence-corrected chi connectivity index (χ2v) is 5.00.